The van der Waals surface area contributed by atoms with Crippen molar-refractivity contribution in [2.45, 2.75) is 18.1 Å². The van der Waals surface area contributed by atoms with Crippen LogP contribution in [0.3, 0.4) is 0 Å². The van der Waals surface area contributed by atoms with Crippen molar-refractivity contribution in [2.75, 3.05) is 26.2 Å². The zero-order chi connectivity index (χ0) is 15.5. The SMILES string of the molecule is O=C(O)CN1CC[C@@](O)(CNC(=O)c2cscn2)[C@H](O)C1. The van der Waals surface area contributed by atoms with Gasteiger partial charge in [0.05, 0.1) is 18.2 Å². The number of β-amino-alcohol motifs (C(OH)–C–C–N with tert-alkyl or cyclic N) is 1. The fourth-order valence-corrected chi connectivity index (χ4v) is 2.75. The second-order valence-corrected chi connectivity index (χ2v) is 5.77. The molecule has 0 saturated carbocycles. The fraction of sp³-hybridized carbons (Fsp3) is 0.583. The molecule has 1 fully saturated rings. The Kier molecular flexibility index (Phi) is 4.88. The van der Waals surface area contributed by atoms with E-state index in [4.69, 9.17) is 5.11 Å². The molecule has 2 heterocycles. The van der Waals surface area contributed by atoms with Gasteiger partial charge in [0.25, 0.3) is 5.91 Å². The normalized spacial score (nSPS) is 26.5. The van der Waals surface area contributed by atoms with Crippen molar-refractivity contribution in [3.05, 3.63) is 16.6 Å². The molecule has 0 unspecified atom stereocenters. The minimum absolute atomic E-state index is 0.0510. The Morgan fingerprint density at radius 2 is 2.33 bits per heavy atom. The molecule has 1 saturated heterocycles. The van der Waals surface area contributed by atoms with Crippen LogP contribution in [0.4, 0.5) is 0 Å². The number of amides is 1. The highest BCUT2D eigenvalue weighted by atomic mass is 32.1. The van der Waals surface area contributed by atoms with E-state index < -0.39 is 23.6 Å². The quantitative estimate of drug-likeness (QED) is 0.535. The zero-order valence-electron chi connectivity index (χ0n) is 11.2. The number of piperidine rings is 1. The fourth-order valence-electron chi connectivity index (χ4n) is 2.21. The van der Waals surface area contributed by atoms with Crippen LogP contribution in [0, 0.1) is 0 Å². The third kappa shape index (κ3) is 3.97. The first-order valence-corrected chi connectivity index (χ1v) is 7.36. The van der Waals surface area contributed by atoms with E-state index in [-0.39, 0.29) is 31.7 Å². The van der Waals surface area contributed by atoms with Crippen LogP contribution >= 0.6 is 11.3 Å². The topological polar surface area (TPSA) is 123 Å². The lowest BCUT2D eigenvalue weighted by atomic mass is 9.88. The third-order valence-corrected chi connectivity index (χ3v) is 4.08. The molecule has 0 aromatic carbocycles. The van der Waals surface area contributed by atoms with Gasteiger partial charge in [0.2, 0.25) is 0 Å². The van der Waals surface area contributed by atoms with E-state index in [1.165, 1.54) is 16.8 Å². The van der Waals surface area contributed by atoms with Gasteiger partial charge in [-0.2, -0.15) is 0 Å². The van der Waals surface area contributed by atoms with Crippen molar-refractivity contribution in [1.29, 1.82) is 0 Å². The Bertz CT molecular complexity index is 509. The average molecular weight is 315 g/mol. The summed E-state index contributed by atoms with van der Waals surface area (Å²) in [6, 6.07) is 0. The molecule has 0 bridgehead atoms. The molecule has 2 atom stereocenters. The average Bonchev–Trinajstić information content (AvgIpc) is 2.94. The third-order valence-electron chi connectivity index (χ3n) is 3.49. The number of nitrogens with one attached hydrogen (secondary N) is 1. The van der Waals surface area contributed by atoms with Gasteiger partial charge in [0.15, 0.2) is 0 Å². The summed E-state index contributed by atoms with van der Waals surface area (Å²) in [5.74, 6) is -1.39. The van der Waals surface area contributed by atoms with Crippen molar-refractivity contribution in [3.8, 4) is 0 Å². The maximum Gasteiger partial charge on any atom is 0.317 e. The van der Waals surface area contributed by atoms with Gasteiger partial charge in [-0.05, 0) is 6.42 Å². The largest absolute Gasteiger partial charge is 0.480 e. The monoisotopic (exact) mass is 315 g/mol. The Labute approximate surface area is 125 Å². The first kappa shape index (κ1) is 15.8. The highest BCUT2D eigenvalue weighted by Crippen LogP contribution is 2.22. The second kappa shape index (κ2) is 6.48. The lowest BCUT2D eigenvalue weighted by Crippen LogP contribution is -2.60. The number of carbonyl (C=O) groups excluding carboxylic acids is 1. The predicted octanol–water partition coefficient (Wildman–Crippen LogP) is -1.24. The number of aliphatic hydroxyl groups is 2. The molecule has 0 radical (unpaired) electrons. The second-order valence-electron chi connectivity index (χ2n) is 5.05. The number of nitrogens with zero attached hydrogens (tertiary/aromatic N) is 2. The molecule has 8 nitrogen and oxygen atoms in total. The summed E-state index contributed by atoms with van der Waals surface area (Å²) in [5.41, 5.74) is 0.338. The van der Waals surface area contributed by atoms with E-state index in [0.29, 0.717) is 6.54 Å². The molecule has 0 spiro atoms. The van der Waals surface area contributed by atoms with Gasteiger partial charge in [0.1, 0.15) is 11.3 Å². The number of hydrogen-bond acceptors (Lipinski definition) is 7. The number of aliphatic carboxylic acids is 1. The number of carbonyl (C=O) groups is 2. The Hall–Kier alpha value is -1.55. The molecular formula is C12H17N3O5S. The Morgan fingerprint density at radius 3 is 2.90 bits per heavy atom. The molecule has 21 heavy (non-hydrogen) atoms. The van der Waals surface area contributed by atoms with Crippen molar-refractivity contribution in [3.63, 3.8) is 0 Å². The molecule has 1 aliphatic rings. The molecular weight excluding hydrogens is 298 g/mol. The molecule has 2 rings (SSSR count). The van der Waals surface area contributed by atoms with Crippen LogP contribution in [0.1, 0.15) is 16.9 Å². The summed E-state index contributed by atoms with van der Waals surface area (Å²) in [4.78, 5) is 27.8. The summed E-state index contributed by atoms with van der Waals surface area (Å²) in [5, 5.41) is 33.2. The highest BCUT2D eigenvalue weighted by Gasteiger charge is 2.41. The number of carboxylic acids is 1. The van der Waals surface area contributed by atoms with Crippen molar-refractivity contribution >= 4 is 23.2 Å². The molecule has 0 aliphatic carbocycles. The van der Waals surface area contributed by atoms with Crippen LogP contribution in [0.5, 0.6) is 0 Å². The van der Waals surface area contributed by atoms with E-state index in [1.54, 1.807) is 10.3 Å². The first-order valence-electron chi connectivity index (χ1n) is 6.42. The smallest absolute Gasteiger partial charge is 0.317 e. The maximum absolute atomic E-state index is 11.8. The molecule has 1 amide bonds. The number of aromatic nitrogens is 1. The summed E-state index contributed by atoms with van der Waals surface area (Å²) in [6.45, 7) is 0.103. The number of rotatable bonds is 5. The standard InChI is InChI=1S/C12H17N3O5S/c16-9-3-15(4-10(17)18)2-1-12(9,20)6-13-11(19)8-5-21-7-14-8/h5,7,9,16,20H,1-4,6H2,(H,13,19)(H,17,18)/t9-,12-/m1/s1. The predicted molar refractivity (Wildman–Crippen MR) is 74.1 cm³/mol. The van der Waals surface area contributed by atoms with Gasteiger partial charge in [-0.3, -0.25) is 14.5 Å². The number of hydrogen-bond donors (Lipinski definition) is 4. The van der Waals surface area contributed by atoms with Crippen LogP contribution in [0.15, 0.2) is 10.9 Å². The summed E-state index contributed by atoms with van der Waals surface area (Å²) in [6.07, 6.45) is -0.944. The van der Waals surface area contributed by atoms with Crippen LogP contribution < -0.4 is 5.32 Å². The van der Waals surface area contributed by atoms with Crippen molar-refractivity contribution in [1.82, 2.24) is 15.2 Å². The van der Waals surface area contributed by atoms with Crippen LogP contribution in [0.2, 0.25) is 0 Å². The molecule has 1 aromatic heterocycles. The maximum atomic E-state index is 11.8. The minimum Gasteiger partial charge on any atom is -0.480 e. The summed E-state index contributed by atoms with van der Waals surface area (Å²) >= 11 is 1.29. The van der Waals surface area contributed by atoms with Gasteiger partial charge >= 0.3 is 5.97 Å². The molecule has 1 aromatic rings. The number of carboxylic acid groups (broad SMARTS) is 1. The van der Waals surface area contributed by atoms with E-state index in [2.05, 4.69) is 10.3 Å². The van der Waals surface area contributed by atoms with Crippen LogP contribution in [-0.4, -0.2) is 75.0 Å². The van der Waals surface area contributed by atoms with E-state index in [1.807, 2.05) is 0 Å². The Morgan fingerprint density at radius 1 is 1.57 bits per heavy atom. The molecule has 9 heteroatoms. The van der Waals surface area contributed by atoms with Crippen molar-refractivity contribution in [2.24, 2.45) is 0 Å². The zero-order valence-corrected chi connectivity index (χ0v) is 12.0. The van der Waals surface area contributed by atoms with Gasteiger partial charge in [0, 0.05) is 25.0 Å². The lowest BCUT2D eigenvalue weighted by molar-refractivity contribution is -0.144. The van der Waals surface area contributed by atoms with Gasteiger partial charge < -0.3 is 20.6 Å². The summed E-state index contributed by atoms with van der Waals surface area (Å²) in [7, 11) is 0. The lowest BCUT2D eigenvalue weighted by Gasteiger charge is -2.41. The Balaban J connectivity index is 1.88. The first-order chi connectivity index (χ1) is 9.90. The van der Waals surface area contributed by atoms with Gasteiger partial charge in [-0.15, -0.1) is 11.3 Å². The minimum atomic E-state index is -1.46. The van der Waals surface area contributed by atoms with E-state index in [9.17, 15) is 19.8 Å². The van der Waals surface area contributed by atoms with Gasteiger partial charge in [-0.25, -0.2) is 4.98 Å². The highest BCUT2D eigenvalue weighted by molar-refractivity contribution is 7.07. The molecule has 4 N–H and O–H groups in total. The van der Waals surface area contributed by atoms with E-state index >= 15 is 0 Å². The van der Waals surface area contributed by atoms with Crippen molar-refractivity contribution < 1.29 is 24.9 Å². The number of aliphatic hydroxyl groups excluding tert-OH is 1. The molecule has 1 aliphatic heterocycles. The summed E-state index contributed by atoms with van der Waals surface area (Å²) < 4.78 is 0. The van der Waals surface area contributed by atoms with E-state index in [0.717, 1.165) is 0 Å². The van der Waals surface area contributed by atoms with Crippen LogP contribution in [0.25, 0.3) is 0 Å². The van der Waals surface area contributed by atoms with Crippen LogP contribution in [-0.2, 0) is 4.79 Å². The number of thiazole rings is 1. The number of likely N-dealkylation sites (tertiary alicyclic amines) is 1. The van der Waals surface area contributed by atoms with Gasteiger partial charge in [-0.1, -0.05) is 0 Å². The molecule has 116 valence electrons.